The first-order chi connectivity index (χ1) is 27.0. The fraction of sp³-hybridized carbons (Fsp3) is 0.0667. The van der Waals surface area contributed by atoms with Crippen molar-refractivity contribution in [3.63, 3.8) is 0 Å². The molecule has 0 atom stereocenters. The predicted octanol–water partition coefficient (Wildman–Crippen LogP) is 8.85. The fourth-order valence-electron chi connectivity index (χ4n) is 6.26. The van der Waals surface area contributed by atoms with Crippen molar-refractivity contribution in [2.45, 2.75) is 19.9 Å². The second-order valence-corrected chi connectivity index (χ2v) is 12.8. The molecule has 11 nitrogen and oxygen atoms in total. The summed E-state index contributed by atoms with van der Waals surface area (Å²) in [6.45, 7) is 4.06. The number of benzene rings is 6. The Balaban J connectivity index is 0.000000247. The number of carbonyl (C=O) groups excluding carboxylic acids is 4. The second-order valence-electron chi connectivity index (χ2n) is 12.8. The minimum Gasteiger partial charge on any atom is -0.478 e. The molecule has 0 aliphatic rings. The molecule has 56 heavy (non-hydrogen) atoms. The lowest BCUT2D eigenvalue weighted by Gasteiger charge is -2.12. The summed E-state index contributed by atoms with van der Waals surface area (Å²) in [4.78, 5) is 82.0. The average Bonchev–Trinajstić information content (AvgIpc) is 3.56. The predicted molar refractivity (Wildman–Crippen MR) is 207 cm³/mol. The van der Waals surface area contributed by atoms with Gasteiger partial charge in [0.05, 0.1) is 22.3 Å². The fourth-order valence-corrected chi connectivity index (χ4v) is 6.26. The van der Waals surface area contributed by atoms with Gasteiger partial charge in [0.1, 0.15) is 0 Å². The highest BCUT2D eigenvalue weighted by molar-refractivity contribution is 6.20. The first-order valence-electron chi connectivity index (χ1n) is 17.3. The number of nitrogens with zero attached hydrogens (tertiary/aromatic N) is 1. The Morgan fingerprint density at radius 3 is 1.12 bits per heavy atom. The maximum Gasteiger partial charge on any atom is 0.386 e. The van der Waals surface area contributed by atoms with E-state index in [2.05, 4.69) is 14.3 Å². The molecule has 7 rings (SSSR count). The Morgan fingerprint density at radius 2 is 0.786 bits per heavy atom. The largest absolute Gasteiger partial charge is 0.478 e. The van der Waals surface area contributed by atoms with Crippen LogP contribution in [0.25, 0.3) is 21.8 Å². The molecule has 0 saturated heterocycles. The summed E-state index contributed by atoms with van der Waals surface area (Å²) in [5.74, 6) is -4.62. The highest BCUT2D eigenvalue weighted by Gasteiger charge is 2.22. The van der Waals surface area contributed by atoms with Crippen LogP contribution in [0.3, 0.4) is 0 Å². The molecular formula is C45H33NO10. The molecule has 278 valence electrons. The first kappa shape index (κ1) is 38.1. The van der Waals surface area contributed by atoms with Gasteiger partial charge in [0.15, 0.2) is 11.6 Å². The SMILES string of the molecule is CC(C)n1c2ccc(C(=O)c3ccccc3C(=O)O)cc2c2cc(C(=O)c3ccccc3C(=O)O)ccc21.O=C(OOC(=O)c1ccccc1)c1ccccc1. The maximum absolute atomic E-state index is 13.4. The van der Waals surface area contributed by atoms with E-state index in [1.54, 1.807) is 109 Å². The van der Waals surface area contributed by atoms with Gasteiger partial charge in [0.25, 0.3) is 0 Å². The third-order valence-electron chi connectivity index (χ3n) is 8.86. The van der Waals surface area contributed by atoms with Gasteiger partial charge < -0.3 is 14.8 Å². The molecule has 0 amide bonds. The van der Waals surface area contributed by atoms with Crippen LogP contribution in [0.1, 0.15) is 93.2 Å². The second kappa shape index (κ2) is 16.6. The Hall–Kier alpha value is -7.66. The lowest BCUT2D eigenvalue weighted by Crippen LogP contribution is -2.11. The van der Waals surface area contributed by atoms with Crippen molar-refractivity contribution in [2.75, 3.05) is 0 Å². The van der Waals surface area contributed by atoms with Gasteiger partial charge in [-0.3, -0.25) is 9.59 Å². The molecule has 0 aliphatic heterocycles. The van der Waals surface area contributed by atoms with Crippen LogP contribution in [0.15, 0.2) is 146 Å². The summed E-state index contributed by atoms with van der Waals surface area (Å²) in [6, 6.07) is 39.2. The number of aromatic carboxylic acids is 2. The van der Waals surface area contributed by atoms with E-state index in [1.165, 1.54) is 24.3 Å². The highest BCUT2D eigenvalue weighted by Crippen LogP contribution is 2.34. The summed E-state index contributed by atoms with van der Waals surface area (Å²) in [5.41, 5.74) is 3.02. The average molecular weight is 748 g/mol. The molecule has 6 aromatic carbocycles. The summed E-state index contributed by atoms with van der Waals surface area (Å²) in [7, 11) is 0. The van der Waals surface area contributed by atoms with Gasteiger partial charge in [-0.1, -0.05) is 72.8 Å². The van der Waals surface area contributed by atoms with Gasteiger partial charge in [-0.25, -0.2) is 29.0 Å². The molecule has 0 fully saturated rings. The number of rotatable bonds is 9. The monoisotopic (exact) mass is 747 g/mol. The minimum absolute atomic E-state index is 0.0681. The Bertz CT molecular complexity index is 2460. The number of aromatic nitrogens is 1. The number of ketones is 2. The summed E-state index contributed by atoms with van der Waals surface area (Å²) < 4.78 is 2.10. The van der Waals surface area contributed by atoms with Crippen LogP contribution in [0, 0.1) is 0 Å². The zero-order valence-corrected chi connectivity index (χ0v) is 30.0. The summed E-state index contributed by atoms with van der Waals surface area (Å²) in [6.07, 6.45) is 0. The van der Waals surface area contributed by atoms with Crippen LogP contribution in [-0.4, -0.2) is 50.2 Å². The smallest absolute Gasteiger partial charge is 0.386 e. The van der Waals surface area contributed by atoms with Crippen LogP contribution >= 0.6 is 0 Å². The van der Waals surface area contributed by atoms with Gasteiger partial charge >= 0.3 is 23.9 Å². The molecule has 0 bridgehead atoms. The van der Waals surface area contributed by atoms with Crippen molar-refractivity contribution >= 4 is 57.2 Å². The van der Waals surface area contributed by atoms with Crippen LogP contribution in [-0.2, 0) is 9.78 Å². The van der Waals surface area contributed by atoms with E-state index in [-0.39, 0.29) is 28.3 Å². The van der Waals surface area contributed by atoms with E-state index in [4.69, 9.17) is 0 Å². The van der Waals surface area contributed by atoms with Gasteiger partial charge in [0.2, 0.25) is 0 Å². The van der Waals surface area contributed by atoms with E-state index in [0.717, 1.165) is 21.8 Å². The Kier molecular flexibility index (Phi) is 11.3. The van der Waals surface area contributed by atoms with Crippen molar-refractivity contribution in [3.05, 3.63) is 190 Å². The normalized spacial score (nSPS) is 10.7. The molecular weight excluding hydrogens is 714 g/mol. The van der Waals surface area contributed by atoms with Crippen molar-refractivity contribution < 1.29 is 48.8 Å². The molecule has 0 radical (unpaired) electrons. The Morgan fingerprint density at radius 1 is 0.446 bits per heavy atom. The molecule has 2 N–H and O–H groups in total. The van der Waals surface area contributed by atoms with E-state index >= 15 is 0 Å². The lowest BCUT2D eigenvalue weighted by atomic mass is 9.95. The van der Waals surface area contributed by atoms with E-state index < -0.39 is 35.4 Å². The Labute approximate surface area is 319 Å². The summed E-state index contributed by atoms with van der Waals surface area (Å²) in [5, 5.41) is 20.6. The van der Waals surface area contributed by atoms with Gasteiger partial charge in [-0.15, -0.1) is 0 Å². The van der Waals surface area contributed by atoms with Gasteiger partial charge in [-0.05, 0) is 86.6 Å². The molecule has 11 heteroatoms. The lowest BCUT2D eigenvalue weighted by molar-refractivity contribution is -0.187. The molecule has 0 unspecified atom stereocenters. The standard InChI is InChI=1S/C31H23NO6.C14H10O4/c1-17(2)32-26-13-11-18(28(33)20-7-3-5-9-22(20)30(35)36)15-24(26)25-16-19(12-14-27(25)32)29(34)21-8-4-6-10-23(21)31(37)38;15-13(11-7-3-1-4-8-11)17-18-14(16)12-9-5-2-6-10-12/h3-17H,1-2H3,(H,35,36)(H,37,38);1-10H. The zero-order valence-electron chi connectivity index (χ0n) is 30.0. The number of carboxylic acid groups (broad SMARTS) is 2. The molecule has 0 saturated carbocycles. The number of carboxylic acids is 2. The number of hydrogen-bond acceptors (Lipinski definition) is 8. The van der Waals surface area contributed by atoms with Crippen LogP contribution in [0.5, 0.6) is 0 Å². The molecule has 1 heterocycles. The summed E-state index contributed by atoms with van der Waals surface area (Å²) >= 11 is 0. The van der Waals surface area contributed by atoms with Crippen molar-refractivity contribution in [1.29, 1.82) is 0 Å². The topological polar surface area (TPSA) is 166 Å². The van der Waals surface area contributed by atoms with E-state index in [9.17, 15) is 39.0 Å². The first-order valence-corrected chi connectivity index (χ1v) is 17.3. The van der Waals surface area contributed by atoms with Gasteiger partial charge in [-0.2, -0.15) is 0 Å². The van der Waals surface area contributed by atoms with Crippen LogP contribution in [0.2, 0.25) is 0 Å². The molecule has 7 aromatic rings. The van der Waals surface area contributed by atoms with Crippen molar-refractivity contribution in [1.82, 2.24) is 4.57 Å². The van der Waals surface area contributed by atoms with Crippen molar-refractivity contribution in [2.24, 2.45) is 0 Å². The van der Waals surface area contributed by atoms with E-state index in [0.29, 0.717) is 22.3 Å². The molecule has 0 aliphatic carbocycles. The van der Waals surface area contributed by atoms with Crippen LogP contribution in [0.4, 0.5) is 0 Å². The zero-order chi connectivity index (χ0) is 39.9. The number of fused-ring (bicyclic) bond motifs is 3. The van der Waals surface area contributed by atoms with E-state index in [1.807, 2.05) is 26.0 Å². The number of hydrogen-bond donors (Lipinski definition) is 2. The van der Waals surface area contributed by atoms with Crippen LogP contribution < -0.4 is 0 Å². The van der Waals surface area contributed by atoms with Crippen molar-refractivity contribution in [3.8, 4) is 0 Å². The maximum atomic E-state index is 13.4. The number of carbonyl (C=O) groups is 6. The molecule has 0 spiro atoms. The third-order valence-corrected chi connectivity index (χ3v) is 8.86. The third kappa shape index (κ3) is 7.97. The molecule has 1 aromatic heterocycles. The highest BCUT2D eigenvalue weighted by atomic mass is 17.2. The van der Waals surface area contributed by atoms with Gasteiger partial charge in [0, 0.05) is 50.1 Å². The minimum atomic E-state index is -1.18. The quantitative estimate of drug-likeness (QED) is 0.0827.